The second-order valence-corrected chi connectivity index (χ2v) is 3.89. The lowest BCUT2D eigenvalue weighted by molar-refractivity contribution is 0.632. The largest absolute Gasteiger partial charge is 0.369 e. The Bertz CT molecular complexity index is 275. The predicted molar refractivity (Wildman–Crippen MR) is 58.5 cm³/mol. The molecule has 2 rings (SSSR count). The molecule has 3 nitrogen and oxygen atoms in total. The lowest BCUT2D eigenvalue weighted by Gasteiger charge is -2.11. The number of hydrogen-bond donors (Lipinski definition) is 2. The Morgan fingerprint density at radius 1 is 1.57 bits per heavy atom. The second kappa shape index (κ2) is 4.42. The molecule has 0 aliphatic carbocycles. The van der Waals surface area contributed by atoms with Crippen LogP contribution in [0.25, 0.3) is 0 Å². The molecule has 0 radical (unpaired) electrons. The zero-order valence-corrected chi connectivity index (χ0v) is 8.59. The van der Waals surface area contributed by atoms with E-state index in [-0.39, 0.29) is 0 Å². The van der Waals surface area contributed by atoms with Gasteiger partial charge in [0.2, 0.25) is 0 Å². The molecule has 1 aromatic heterocycles. The molecule has 1 atom stereocenters. The van der Waals surface area contributed by atoms with Gasteiger partial charge in [0, 0.05) is 18.8 Å². The molecule has 1 saturated heterocycles. The van der Waals surface area contributed by atoms with Gasteiger partial charge in [-0.25, -0.2) is 4.98 Å². The van der Waals surface area contributed by atoms with E-state index in [1.807, 2.05) is 12.3 Å². The maximum Gasteiger partial charge on any atom is 0.125 e. The summed E-state index contributed by atoms with van der Waals surface area (Å²) in [5.41, 5.74) is 1.20. The molecule has 0 spiro atoms. The average Bonchev–Trinajstić information content (AvgIpc) is 2.70. The molecule has 0 bridgehead atoms. The van der Waals surface area contributed by atoms with E-state index < -0.39 is 0 Å². The number of anilines is 1. The van der Waals surface area contributed by atoms with Gasteiger partial charge in [0.25, 0.3) is 0 Å². The van der Waals surface area contributed by atoms with E-state index in [1.165, 1.54) is 18.4 Å². The standard InChI is InChI=1S/C11H17N3/c1-9-4-5-11(13-7-9)14-8-10-3-2-6-12-10/h4-5,7,10,12H,2-3,6,8H2,1H3,(H,13,14)/t10-/m0/s1. The maximum atomic E-state index is 4.30. The first-order valence-electron chi connectivity index (χ1n) is 5.24. The molecule has 1 fully saturated rings. The number of rotatable bonds is 3. The van der Waals surface area contributed by atoms with E-state index in [0.717, 1.165) is 18.9 Å². The molecule has 0 amide bonds. The minimum atomic E-state index is 0.623. The van der Waals surface area contributed by atoms with Crippen molar-refractivity contribution in [1.82, 2.24) is 10.3 Å². The van der Waals surface area contributed by atoms with Gasteiger partial charge in [-0.3, -0.25) is 0 Å². The Kier molecular flexibility index (Phi) is 2.99. The lowest BCUT2D eigenvalue weighted by atomic mass is 10.2. The molecule has 2 N–H and O–H groups in total. The number of aromatic nitrogens is 1. The van der Waals surface area contributed by atoms with Gasteiger partial charge < -0.3 is 10.6 Å². The highest BCUT2D eigenvalue weighted by Crippen LogP contribution is 2.07. The summed E-state index contributed by atoms with van der Waals surface area (Å²) in [4.78, 5) is 4.30. The average molecular weight is 191 g/mol. The summed E-state index contributed by atoms with van der Waals surface area (Å²) in [5, 5.41) is 6.79. The van der Waals surface area contributed by atoms with Crippen LogP contribution >= 0.6 is 0 Å². The van der Waals surface area contributed by atoms with E-state index in [0.29, 0.717) is 6.04 Å². The maximum absolute atomic E-state index is 4.30. The van der Waals surface area contributed by atoms with Crippen molar-refractivity contribution >= 4 is 5.82 Å². The van der Waals surface area contributed by atoms with Gasteiger partial charge in [-0.1, -0.05) is 6.07 Å². The topological polar surface area (TPSA) is 37.0 Å². The van der Waals surface area contributed by atoms with Gasteiger partial charge in [-0.2, -0.15) is 0 Å². The first kappa shape index (κ1) is 9.46. The Hall–Kier alpha value is -1.09. The first-order valence-corrected chi connectivity index (χ1v) is 5.24. The minimum absolute atomic E-state index is 0.623. The Morgan fingerprint density at radius 3 is 3.14 bits per heavy atom. The SMILES string of the molecule is Cc1ccc(NC[C@@H]2CCCN2)nc1. The third kappa shape index (κ3) is 2.45. The fraction of sp³-hybridized carbons (Fsp3) is 0.545. The summed E-state index contributed by atoms with van der Waals surface area (Å²) in [6.45, 7) is 4.19. The van der Waals surface area contributed by atoms with E-state index in [9.17, 15) is 0 Å². The smallest absolute Gasteiger partial charge is 0.125 e. The van der Waals surface area contributed by atoms with Crippen LogP contribution in [0.5, 0.6) is 0 Å². The monoisotopic (exact) mass is 191 g/mol. The fourth-order valence-corrected chi connectivity index (χ4v) is 1.73. The minimum Gasteiger partial charge on any atom is -0.369 e. The lowest BCUT2D eigenvalue weighted by Crippen LogP contribution is -2.29. The molecule has 0 unspecified atom stereocenters. The van der Waals surface area contributed by atoms with Gasteiger partial charge in [0.05, 0.1) is 0 Å². The highest BCUT2D eigenvalue weighted by atomic mass is 15.0. The molecular formula is C11H17N3. The number of nitrogens with zero attached hydrogens (tertiary/aromatic N) is 1. The number of hydrogen-bond acceptors (Lipinski definition) is 3. The van der Waals surface area contributed by atoms with Crippen molar-refractivity contribution in [3.63, 3.8) is 0 Å². The summed E-state index contributed by atoms with van der Waals surface area (Å²) < 4.78 is 0. The van der Waals surface area contributed by atoms with Gasteiger partial charge in [-0.15, -0.1) is 0 Å². The van der Waals surface area contributed by atoms with E-state index in [2.05, 4.69) is 28.6 Å². The molecule has 2 heterocycles. The van der Waals surface area contributed by atoms with Crippen molar-refractivity contribution in [3.05, 3.63) is 23.9 Å². The van der Waals surface area contributed by atoms with Crippen LogP contribution in [-0.2, 0) is 0 Å². The van der Waals surface area contributed by atoms with Crippen molar-refractivity contribution in [3.8, 4) is 0 Å². The van der Waals surface area contributed by atoms with Crippen LogP contribution in [0.3, 0.4) is 0 Å². The van der Waals surface area contributed by atoms with Crippen molar-refractivity contribution in [2.45, 2.75) is 25.8 Å². The number of aryl methyl sites for hydroxylation is 1. The zero-order valence-electron chi connectivity index (χ0n) is 8.59. The molecule has 14 heavy (non-hydrogen) atoms. The van der Waals surface area contributed by atoms with Gasteiger partial charge in [0.1, 0.15) is 5.82 Å². The van der Waals surface area contributed by atoms with Crippen molar-refractivity contribution in [1.29, 1.82) is 0 Å². The number of nitrogens with one attached hydrogen (secondary N) is 2. The van der Waals surface area contributed by atoms with Gasteiger partial charge >= 0.3 is 0 Å². The van der Waals surface area contributed by atoms with Crippen molar-refractivity contribution in [2.75, 3.05) is 18.4 Å². The summed E-state index contributed by atoms with van der Waals surface area (Å²) in [6.07, 6.45) is 4.47. The molecule has 76 valence electrons. The molecule has 1 aliphatic rings. The molecule has 3 heteroatoms. The van der Waals surface area contributed by atoms with Crippen molar-refractivity contribution < 1.29 is 0 Å². The summed E-state index contributed by atoms with van der Waals surface area (Å²) in [5.74, 6) is 0.976. The van der Waals surface area contributed by atoms with Crippen LogP contribution in [0, 0.1) is 6.92 Å². The molecule has 0 aromatic carbocycles. The van der Waals surface area contributed by atoms with E-state index >= 15 is 0 Å². The summed E-state index contributed by atoms with van der Waals surface area (Å²) in [6, 6.07) is 4.74. The molecule has 1 aliphatic heterocycles. The van der Waals surface area contributed by atoms with Crippen LogP contribution in [-0.4, -0.2) is 24.1 Å². The molecule has 0 saturated carbocycles. The van der Waals surface area contributed by atoms with Crippen LogP contribution in [0.15, 0.2) is 18.3 Å². The van der Waals surface area contributed by atoms with E-state index in [4.69, 9.17) is 0 Å². The Labute approximate surface area is 84.9 Å². The zero-order chi connectivity index (χ0) is 9.80. The fourth-order valence-electron chi connectivity index (χ4n) is 1.73. The normalized spacial score (nSPS) is 21.1. The quantitative estimate of drug-likeness (QED) is 0.761. The first-order chi connectivity index (χ1) is 6.84. The highest BCUT2D eigenvalue weighted by Gasteiger charge is 2.12. The third-order valence-corrected chi connectivity index (χ3v) is 2.60. The Morgan fingerprint density at radius 2 is 2.50 bits per heavy atom. The van der Waals surface area contributed by atoms with Gasteiger partial charge in [-0.05, 0) is 37.9 Å². The summed E-state index contributed by atoms with van der Waals surface area (Å²) >= 11 is 0. The van der Waals surface area contributed by atoms with Crippen LogP contribution < -0.4 is 10.6 Å². The van der Waals surface area contributed by atoms with Crippen LogP contribution in [0.1, 0.15) is 18.4 Å². The van der Waals surface area contributed by atoms with Crippen LogP contribution in [0.4, 0.5) is 5.82 Å². The molecular weight excluding hydrogens is 174 g/mol. The highest BCUT2D eigenvalue weighted by molar-refractivity contribution is 5.35. The van der Waals surface area contributed by atoms with Crippen molar-refractivity contribution in [2.24, 2.45) is 0 Å². The second-order valence-electron chi connectivity index (χ2n) is 3.89. The van der Waals surface area contributed by atoms with Gasteiger partial charge in [0.15, 0.2) is 0 Å². The summed E-state index contributed by atoms with van der Waals surface area (Å²) in [7, 11) is 0. The Balaban J connectivity index is 1.82. The molecule has 1 aromatic rings. The van der Waals surface area contributed by atoms with Crippen LogP contribution in [0.2, 0.25) is 0 Å². The predicted octanol–water partition coefficient (Wildman–Crippen LogP) is 1.55. The number of pyridine rings is 1. The third-order valence-electron chi connectivity index (χ3n) is 2.60. The van der Waals surface area contributed by atoms with E-state index in [1.54, 1.807) is 0 Å².